The van der Waals surface area contributed by atoms with Crippen LogP contribution in [0.2, 0.25) is 0 Å². The Balaban J connectivity index is 1.26. The van der Waals surface area contributed by atoms with E-state index in [0.29, 0.717) is 54.4 Å². The molecule has 236 valence electrons. The number of carboxylic acid groups (broad SMARTS) is 1. The van der Waals surface area contributed by atoms with E-state index in [1.165, 1.54) is 30.7 Å². The first kappa shape index (κ1) is 30.4. The monoisotopic (exact) mass is 615 g/mol. The van der Waals surface area contributed by atoms with Gasteiger partial charge in [-0.1, -0.05) is 29.4 Å². The minimum atomic E-state index is -1.06. The Morgan fingerprint density at radius 1 is 1.07 bits per heavy atom. The van der Waals surface area contributed by atoms with Gasteiger partial charge in [-0.2, -0.15) is 0 Å². The molecular formula is C34H37N3O8. The van der Waals surface area contributed by atoms with Crippen molar-refractivity contribution in [2.75, 3.05) is 19.7 Å². The van der Waals surface area contributed by atoms with E-state index < -0.39 is 24.0 Å². The van der Waals surface area contributed by atoms with Gasteiger partial charge in [0.1, 0.15) is 30.3 Å². The number of aromatic nitrogens is 1. The van der Waals surface area contributed by atoms with Crippen molar-refractivity contribution in [1.82, 2.24) is 15.4 Å². The minimum Gasteiger partial charge on any atom is -0.484 e. The highest BCUT2D eigenvalue weighted by Crippen LogP contribution is 2.41. The van der Waals surface area contributed by atoms with Gasteiger partial charge in [-0.05, 0) is 80.3 Å². The number of hydrogen-bond acceptors (Lipinski definition) is 8. The number of esters is 1. The standard InChI is InChI=1S/C34H37N3O8/c1-19-29(18-44-36-19)32(39)35-20(2)31(23-9-7-22(8-10-23)21-5-6-21)45-26-11-12-27(34(41)42)28(15-26)24-4-3-13-37(16-24)33(40)25-14-30(38)43-17-25/h7-12,15,18,20-21,24-25,31H,3-6,13-14,16-17H2,1-2H3,(H,35,39)(H,41,42)/t20-,24+,25+,31-/m0/s1. The summed E-state index contributed by atoms with van der Waals surface area (Å²) < 4.78 is 16.5. The van der Waals surface area contributed by atoms with Crippen molar-refractivity contribution < 1.29 is 38.3 Å². The normalized spacial score (nSPS) is 21.1. The number of hydrogen-bond donors (Lipinski definition) is 2. The first-order chi connectivity index (χ1) is 21.7. The third-order valence-electron chi connectivity index (χ3n) is 9.02. The first-order valence-electron chi connectivity index (χ1n) is 15.5. The predicted octanol–water partition coefficient (Wildman–Crippen LogP) is 4.77. The van der Waals surface area contributed by atoms with Crippen LogP contribution in [0.15, 0.2) is 53.3 Å². The van der Waals surface area contributed by atoms with Crippen LogP contribution in [0.3, 0.4) is 0 Å². The van der Waals surface area contributed by atoms with Crippen molar-refractivity contribution in [3.8, 4) is 5.75 Å². The number of carboxylic acids is 1. The Morgan fingerprint density at radius 3 is 2.49 bits per heavy atom. The second-order valence-corrected chi connectivity index (χ2v) is 12.3. The minimum absolute atomic E-state index is 0.0676. The van der Waals surface area contributed by atoms with Crippen molar-refractivity contribution in [2.45, 2.75) is 69.9 Å². The summed E-state index contributed by atoms with van der Waals surface area (Å²) in [6.07, 6.45) is 4.53. The summed E-state index contributed by atoms with van der Waals surface area (Å²) in [6.45, 7) is 4.51. The first-order valence-corrected chi connectivity index (χ1v) is 15.5. The zero-order chi connectivity index (χ0) is 31.7. The number of carbonyl (C=O) groups excluding carboxylic acids is 3. The van der Waals surface area contributed by atoms with Gasteiger partial charge < -0.3 is 29.3 Å². The molecule has 2 aliphatic heterocycles. The molecule has 1 aliphatic carbocycles. The number of aryl methyl sites for hydroxylation is 1. The average Bonchev–Trinajstić information content (AvgIpc) is 3.66. The van der Waals surface area contributed by atoms with Crippen molar-refractivity contribution in [1.29, 1.82) is 0 Å². The topological polar surface area (TPSA) is 148 Å². The summed E-state index contributed by atoms with van der Waals surface area (Å²) in [5, 5.41) is 16.9. The van der Waals surface area contributed by atoms with Gasteiger partial charge in [-0.15, -0.1) is 0 Å². The molecule has 11 nitrogen and oxygen atoms in total. The molecule has 45 heavy (non-hydrogen) atoms. The fraction of sp³-hybridized carbons (Fsp3) is 0.441. The lowest BCUT2D eigenvalue weighted by Gasteiger charge is -2.35. The average molecular weight is 616 g/mol. The molecule has 3 fully saturated rings. The molecule has 3 aromatic rings. The molecule has 6 rings (SSSR count). The number of piperidine rings is 1. The zero-order valence-electron chi connectivity index (χ0n) is 25.4. The van der Waals surface area contributed by atoms with Crippen LogP contribution in [0.4, 0.5) is 0 Å². The summed E-state index contributed by atoms with van der Waals surface area (Å²) in [7, 11) is 0. The van der Waals surface area contributed by atoms with Crippen LogP contribution < -0.4 is 10.1 Å². The van der Waals surface area contributed by atoms with E-state index in [0.717, 1.165) is 5.56 Å². The highest BCUT2D eigenvalue weighted by Gasteiger charge is 2.36. The van der Waals surface area contributed by atoms with Gasteiger partial charge >= 0.3 is 11.9 Å². The summed E-state index contributed by atoms with van der Waals surface area (Å²) in [5.41, 5.74) is 3.68. The van der Waals surface area contributed by atoms with Gasteiger partial charge in [-0.3, -0.25) is 14.4 Å². The maximum absolute atomic E-state index is 13.2. The molecule has 2 saturated heterocycles. The molecule has 1 aromatic heterocycles. The highest BCUT2D eigenvalue weighted by molar-refractivity contribution is 5.95. The van der Waals surface area contributed by atoms with Gasteiger partial charge in [0.05, 0.1) is 29.6 Å². The third kappa shape index (κ3) is 6.72. The molecule has 0 radical (unpaired) electrons. The lowest BCUT2D eigenvalue weighted by Crippen LogP contribution is -2.42. The SMILES string of the molecule is Cc1nocc1C(=O)N[C@@H](C)[C@H](Oc1ccc(C(=O)O)c([C@@H]2CCCN(C(=O)[C@H]3COC(=O)C3)C2)c1)c1ccc(C2CC2)cc1. The largest absolute Gasteiger partial charge is 0.484 e. The van der Waals surface area contributed by atoms with Crippen LogP contribution in [0.1, 0.15) is 100 Å². The number of ether oxygens (including phenoxy) is 2. The molecule has 3 heterocycles. The van der Waals surface area contributed by atoms with Crippen LogP contribution >= 0.6 is 0 Å². The molecule has 0 spiro atoms. The van der Waals surface area contributed by atoms with Gasteiger partial charge in [0.15, 0.2) is 0 Å². The number of amides is 2. The molecule has 2 amide bonds. The van der Waals surface area contributed by atoms with Crippen LogP contribution in [-0.4, -0.2) is 64.7 Å². The number of nitrogens with zero attached hydrogens (tertiary/aromatic N) is 2. The Kier molecular flexibility index (Phi) is 8.60. The van der Waals surface area contributed by atoms with Crippen LogP contribution in [0, 0.1) is 12.8 Å². The lowest BCUT2D eigenvalue weighted by molar-refractivity contribution is -0.138. The van der Waals surface area contributed by atoms with Crippen LogP contribution in [0.5, 0.6) is 5.75 Å². The van der Waals surface area contributed by atoms with Gasteiger partial charge in [0.25, 0.3) is 5.91 Å². The number of likely N-dealkylation sites (tertiary alicyclic amines) is 1. The summed E-state index contributed by atoms with van der Waals surface area (Å²) in [4.78, 5) is 51.8. The fourth-order valence-electron chi connectivity index (χ4n) is 6.36. The smallest absolute Gasteiger partial charge is 0.335 e. The predicted molar refractivity (Wildman–Crippen MR) is 161 cm³/mol. The maximum atomic E-state index is 13.2. The van der Waals surface area contributed by atoms with E-state index in [-0.39, 0.29) is 42.3 Å². The maximum Gasteiger partial charge on any atom is 0.335 e. The highest BCUT2D eigenvalue weighted by atomic mass is 16.5. The molecule has 0 unspecified atom stereocenters. The van der Waals surface area contributed by atoms with Gasteiger partial charge in [0, 0.05) is 19.0 Å². The van der Waals surface area contributed by atoms with Gasteiger partial charge in [-0.25, -0.2) is 4.79 Å². The number of rotatable bonds is 10. The molecule has 3 aliphatic rings. The second-order valence-electron chi connectivity index (χ2n) is 12.3. The Morgan fingerprint density at radius 2 is 1.84 bits per heavy atom. The molecule has 11 heteroatoms. The zero-order valence-corrected chi connectivity index (χ0v) is 25.4. The van der Waals surface area contributed by atoms with E-state index in [1.54, 1.807) is 24.0 Å². The molecular weight excluding hydrogens is 578 g/mol. The Labute approximate surface area is 260 Å². The number of carbonyl (C=O) groups is 4. The number of cyclic esters (lactones) is 1. The van der Waals surface area contributed by atoms with Crippen LogP contribution in [0.25, 0.3) is 0 Å². The Bertz CT molecular complexity index is 1590. The molecule has 0 bridgehead atoms. The third-order valence-corrected chi connectivity index (χ3v) is 9.02. The second kappa shape index (κ2) is 12.7. The number of benzene rings is 2. The van der Waals surface area contributed by atoms with Crippen molar-refractivity contribution in [3.05, 3.63) is 82.2 Å². The van der Waals surface area contributed by atoms with E-state index in [1.807, 2.05) is 19.1 Å². The summed E-state index contributed by atoms with van der Waals surface area (Å²) in [5.74, 6) is -1.63. The van der Waals surface area contributed by atoms with Crippen molar-refractivity contribution in [2.24, 2.45) is 5.92 Å². The Hall–Kier alpha value is -4.67. The van der Waals surface area contributed by atoms with E-state index >= 15 is 0 Å². The lowest BCUT2D eigenvalue weighted by atomic mass is 9.86. The summed E-state index contributed by atoms with van der Waals surface area (Å²) in [6, 6.07) is 12.6. The fourth-order valence-corrected chi connectivity index (χ4v) is 6.36. The summed E-state index contributed by atoms with van der Waals surface area (Å²) >= 11 is 0. The van der Waals surface area contributed by atoms with E-state index in [2.05, 4.69) is 22.6 Å². The van der Waals surface area contributed by atoms with E-state index in [4.69, 9.17) is 14.0 Å². The molecule has 2 N–H and O–H groups in total. The van der Waals surface area contributed by atoms with E-state index in [9.17, 15) is 24.3 Å². The van der Waals surface area contributed by atoms with Crippen molar-refractivity contribution >= 4 is 23.8 Å². The number of aromatic carboxylic acids is 1. The molecule has 2 aromatic carbocycles. The van der Waals surface area contributed by atoms with Gasteiger partial charge in [0.2, 0.25) is 5.91 Å². The molecule has 1 saturated carbocycles. The number of nitrogens with one attached hydrogen (secondary N) is 1. The van der Waals surface area contributed by atoms with Crippen molar-refractivity contribution in [3.63, 3.8) is 0 Å². The van der Waals surface area contributed by atoms with Crippen LogP contribution in [-0.2, 0) is 14.3 Å². The molecule has 4 atom stereocenters. The quantitative estimate of drug-likeness (QED) is 0.308.